The highest BCUT2D eigenvalue weighted by molar-refractivity contribution is 6.30. The van der Waals surface area contributed by atoms with Gasteiger partial charge in [0.25, 0.3) is 5.89 Å². The predicted molar refractivity (Wildman–Crippen MR) is 66.3 cm³/mol. The first-order valence-electron chi connectivity index (χ1n) is 5.85. The molecule has 3 rings (SSSR count). The highest BCUT2D eigenvalue weighted by Gasteiger charge is 2.22. The van der Waals surface area contributed by atoms with Gasteiger partial charge >= 0.3 is 0 Å². The third-order valence-corrected chi connectivity index (χ3v) is 3.13. The van der Waals surface area contributed by atoms with Crippen LogP contribution in [-0.2, 0) is 4.74 Å². The Morgan fingerprint density at radius 3 is 3.05 bits per heavy atom. The fourth-order valence-corrected chi connectivity index (χ4v) is 1.96. The molecule has 100 valence electrons. The average Bonchev–Trinajstić information content (AvgIpc) is 2.93. The van der Waals surface area contributed by atoms with E-state index in [0.29, 0.717) is 24.5 Å². The Morgan fingerprint density at radius 2 is 2.32 bits per heavy atom. The van der Waals surface area contributed by atoms with Gasteiger partial charge in [-0.25, -0.2) is 4.39 Å². The summed E-state index contributed by atoms with van der Waals surface area (Å²) in [7, 11) is 0. The minimum atomic E-state index is -0.519. The van der Waals surface area contributed by atoms with Gasteiger partial charge in [0.15, 0.2) is 0 Å². The number of aromatic nitrogens is 2. The molecular formula is C12H11ClFN3O2. The Bertz CT molecular complexity index is 584. The molecule has 0 saturated carbocycles. The molecule has 1 N–H and O–H groups in total. The molecule has 1 aliphatic heterocycles. The van der Waals surface area contributed by atoms with Crippen LogP contribution in [0.1, 0.15) is 11.9 Å². The highest BCUT2D eigenvalue weighted by Crippen LogP contribution is 2.24. The number of halogens is 2. The molecule has 2 heterocycles. The summed E-state index contributed by atoms with van der Waals surface area (Å²) in [5.74, 6) is 0.187. The lowest BCUT2D eigenvalue weighted by Crippen LogP contribution is -2.33. The summed E-state index contributed by atoms with van der Waals surface area (Å²) in [6.07, 6.45) is -0.233. The predicted octanol–water partition coefficient (Wildman–Crippen LogP) is 2.19. The second kappa shape index (κ2) is 5.24. The van der Waals surface area contributed by atoms with Gasteiger partial charge in [-0.3, -0.25) is 0 Å². The van der Waals surface area contributed by atoms with E-state index in [9.17, 15) is 4.39 Å². The number of hydrogen-bond donors (Lipinski definition) is 1. The van der Waals surface area contributed by atoms with Crippen LogP contribution in [-0.4, -0.2) is 29.8 Å². The van der Waals surface area contributed by atoms with Crippen molar-refractivity contribution in [1.29, 1.82) is 0 Å². The first kappa shape index (κ1) is 12.5. The monoisotopic (exact) mass is 283 g/mol. The van der Waals surface area contributed by atoms with Crippen LogP contribution >= 0.6 is 11.6 Å². The maximum Gasteiger partial charge on any atom is 0.258 e. The quantitative estimate of drug-likeness (QED) is 0.915. The molecule has 0 spiro atoms. The van der Waals surface area contributed by atoms with E-state index in [-0.39, 0.29) is 17.0 Å². The summed E-state index contributed by atoms with van der Waals surface area (Å²) in [4.78, 5) is 4.22. The van der Waals surface area contributed by atoms with Gasteiger partial charge in [0, 0.05) is 18.7 Å². The first-order valence-corrected chi connectivity index (χ1v) is 6.23. The lowest BCUT2D eigenvalue weighted by Gasteiger charge is -2.20. The average molecular weight is 284 g/mol. The molecule has 1 aromatic carbocycles. The summed E-state index contributed by atoms with van der Waals surface area (Å²) < 4.78 is 24.0. The van der Waals surface area contributed by atoms with Crippen molar-refractivity contribution in [2.45, 2.75) is 6.10 Å². The minimum Gasteiger partial charge on any atom is -0.367 e. The maximum atomic E-state index is 13.4. The summed E-state index contributed by atoms with van der Waals surface area (Å²) in [6, 6.07) is 4.34. The lowest BCUT2D eigenvalue weighted by atomic mass is 10.2. The van der Waals surface area contributed by atoms with Gasteiger partial charge in [-0.05, 0) is 18.2 Å². The molecule has 0 aliphatic carbocycles. The van der Waals surface area contributed by atoms with Crippen molar-refractivity contribution in [3.05, 3.63) is 34.9 Å². The Labute approximate surface area is 113 Å². The van der Waals surface area contributed by atoms with Crippen molar-refractivity contribution >= 4 is 11.6 Å². The Kier molecular flexibility index (Phi) is 3.46. The Hall–Kier alpha value is -1.50. The van der Waals surface area contributed by atoms with Crippen LogP contribution in [0.15, 0.2) is 22.7 Å². The van der Waals surface area contributed by atoms with Crippen molar-refractivity contribution in [3.63, 3.8) is 0 Å². The molecular weight excluding hydrogens is 273 g/mol. The van der Waals surface area contributed by atoms with Crippen LogP contribution in [0.25, 0.3) is 11.5 Å². The van der Waals surface area contributed by atoms with Crippen LogP contribution in [0.2, 0.25) is 5.02 Å². The van der Waals surface area contributed by atoms with Crippen molar-refractivity contribution in [2.75, 3.05) is 19.7 Å². The molecule has 1 fully saturated rings. The minimum absolute atomic E-state index is 0.0586. The zero-order valence-corrected chi connectivity index (χ0v) is 10.7. The van der Waals surface area contributed by atoms with E-state index in [4.69, 9.17) is 20.9 Å². The van der Waals surface area contributed by atoms with Crippen molar-refractivity contribution in [1.82, 2.24) is 15.5 Å². The molecule has 0 radical (unpaired) electrons. The van der Waals surface area contributed by atoms with E-state index < -0.39 is 5.82 Å². The van der Waals surface area contributed by atoms with E-state index in [1.165, 1.54) is 12.1 Å². The molecule has 1 saturated heterocycles. The standard InChI is InChI=1S/C12H11ClFN3O2/c13-8-2-1-7(5-9(8)14)12-16-11(17-19-12)10-6-15-3-4-18-10/h1-2,5,10,15H,3-4,6H2. The molecule has 1 aromatic heterocycles. The van der Waals surface area contributed by atoms with Crippen molar-refractivity contribution in [3.8, 4) is 11.5 Å². The zero-order valence-electron chi connectivity index (χ0n) is 9.90. The first-order chi connectivity index (χ1) is 9.24. The SMILES string of the molecule is Fc1cc(-c2nc(C3CNCCO3)no2)ccc1Cl. The number of morpholine rings is 1. The fourth-order valence-electron chi connectivity index (χ4n) is 1.84. The van der Waals surface area contributed by atoms with Crippen LogP contribution in [0.5, 0.6) is 0 Å². The third-order valence-electron chi connectivity index (χ3n) is 2.82. The molecule has 19 heavy (non-hydrogen) atoms. The Morgan fingerprint density at radius 1 is 1.42 bits per heavy atom. The van der Waals surface area contributed by atoms with Gasteiger partial charge < -0.3 is 14.6 Å². The van der Waals surface area contributed by atoms with E-state index in [1.807, 2.05) is 0 Å². The molecule has 7 heteroatoms. The second-order valence-electron chi connectivity index (χ2n) is 4.15. The third kappa shape index (κ3) is 2.60. The topological polar surface area (TPSA) is 60.2 Å². The van der Waals surface area contributed by atoms with Gasteiger partial charge in [0.05, 0.1) is 11.6 Å². The van der Waals surface area contributed by atoms with Crippen LogP contribution in [0, 0.1) is 5.82 Å². The van der Waals surface area contributed by atoms with Gasteiger partial charge in [-0.1, -0.05) is 16.8 Å². The summed E-state index contributed by atoms with van der Waals surface area (Å²) in [5, 5.41) is 7.10. The number of benzene rings is 1. The van der Waals surface area contributed by atoms with Gasteiger partial charge in [0.1, 0.15) is 11.9 Å². The van der Waals surface area contributed by atoms with Crippen molar-refractivity contribution < 1.29 is 13.7 Å². The van der Waals surface area contributed by atoms with Gasteiger partial charge in [-0.15, -0.1) is 0 Å². The van der Waals surface area contributed by atoms with E-state index in [2.05, 4.69) is 15.5 Å². The number of nitrogens with one attached hydrogen (secondary N) is 1. The van der Waals surface area contributed by atoms with Crippen LogP contribution < -0.4 is 5.32 Å². The maximum absolute atomic E-state index is 13.4. The molecule has 5 nitrogen and oxygen atoms in total. The molecule has 1 atom stereocenters. The normalized spacial score (nSPS) is 19.6. The molecule has 0 bridgehead atoms. The Balaban J connectivity index is 1.85. The van der Waals surface area contributed by atoms with Crippen LogP contribution in [0.4, 0.5) is 4.39 Å². The summed E-state index contributed by atoms with van der Waals surface area (Å²) in [6.45, 7) is 2.04. The van der Waals surface area contributed by atoms with Gasteiger partial charge in [0.2, 0.25) is 5.82 Å². The lowest BCUT2D eigenvalue weighted by molar-refractivity contribution is 0.0208. The van der Waals surface area contributed by atoms with Crippen LogP contribution in [0.3, 0.4) is 0 Å². The number of nitrogens with zero attached hydrogens (tertiary/aromatic N) is 2. The molecule has 1 unspecified atom stereocenters. The van der Waals surface area contributed by atoms with Crippen molar-refractivity contribution in [2.24, 2.45) is 0 Å². The second-order valence-corrected chi connectivity index (χ2v) is 4.56. The molecule has 2 aromatic rings. The fraction of sp³-hybridized carbons (Fsp3) is 0.333. The molecule has 1 aliphatic rings. The van der Waals surface area contributed by atoms with E-state index in [0.717, 1.165) is 6.54 Å². The number of rotatable bonds is 2. The van der Waals surface area contributed by atoms with E-state index >= 15 is 0 Å². The highest BCUT2D eigenvalue weighted by atomic mass is 35.5. The largest absolute Gasteiger partial charge is 0.367 e. The number of ether oxygens (including phenoxy) is 1. The smallest absolute Gasteiger partial charge is 0.258 e. The van der Waals surface area contributed by atoms with E-state index in [1.54, 1.807) is 6.07 Å². The summed E-state index contributed by atoms with van der Waals surface area (Å²) >= 11 is 5.63. The summed E-state index contributed by atoms with van der Waals surface area (Å²) in [5.41, 5.74) is 0.490. The zero-order chi connectivity index (χ0) is 13.2. The number of hydrogen-bond acceptors (Lipinski definition) is 5. The van der Waals surface area contributed by atoms with Gasteiger partial charge in [-0.2, -0.15) is 4.98 Å². The molecule has 0 amide bonds.